The molecule has 1 spiro atoms. The van der Waals surface area contributed by atoms with Gasteiger partial charge in [0.25, 0.3) is 6.47 Å². The van der Waals surface area contributed by atoms with Crippen molar-refractivity contribution in [3.63, 3.8) is 0 Å². The van der Waals surface area contributed by atoms with Crippen LogP contribution >= 0.6 is 0 Å². The highest BCUT2D eigenvalue weighted by atomic mass is 16.7. The molecule has 4 rings (SSSR count). The quantitative estimate of drug-likeness (QED) is 0.700. The zero-order chi connectivity index (χ0) is 20.8. The second kappa shape index (κ2) is 9.28. The van der Waals surface area contributed by atoms with Crippen molar-refractivity contribution in [3.05, 3.63) is 54.1 Å². The third-order valence-corrected chi connectivity index (χ3v) is 5.52. The topological polar surface area (TPSA) is 83.1 Å². The summed E-state index contributed by atoms with van der Waals surface area (Å²) >= 11 is 0. The molecule has 1 heterocycles. The van der Waals surface area contributed by atoms with E-state index in [1.165, 1.54) is 0 Å². The number of carbonyl (C=O) groups excluding carboxylic acids is 2. The molecule has 1 saturated carbocycles. The summed E-state index contributed by atoms with van der Waals surface area (Å²) in [7, 11) is 0. The van der Waals surface area contributed by atoms with Crippen molar-refractivity contribution in [2.75, 3.05) is 18.5 Å². The van der Waals surface area contributed by atoms with E-state index >= 15 is 0 Å². The first kappa shape index (κ1) is 20.4. The van der Waals surface area contributed by atoms with Crippen LogP contribution in [0.4, 0.5) is 5.69 Å². The molecule has 0 aromatic heterocycles. The van der Waals surface area contributed by atoms with Gasteiger partial charge in [-0.05, 0) is 30.5 Å². The maximum Gasteiger partial charge on any atom is 0.298 e. The standard InChI is InChI=1S/C23H25NO6/c25-16-28-21-14-18(9-10-20(21)27-15-17-6-2-1-3-7-17)24-22(26)19-8-4-5-11-23(19)29-12-13-30-23/h1-3,6-7,9-10,14,16,19H,4-5,8,11-13,15H2,(H,24,26). The Morgan fingerprint density at radius 3 is 2.67 bits per heavy atom. The summed E-state index contributed by atoms with van der Waals surface area (Å²) in [6.45, 7) is 1.69. The van der Waals surface area contributed by atoms with Gasteiger partial charge in [-0.25, -0.2) is 0 Å². The molecule has 1 aliphatic carbocycles. The molecule has 7 nitrogen and oxygen atoms in total. The number of nitrogens with one attached hydrogen (secondary N) is 1. The Bertz CT molecular complexity index is 879. The number of hydrogen-bond acceptors (Lipinski definition) is 6. The van der Waals surface area contributed by atoms with Crippen LogP contribution in [0.2, 0.25) is 0 Å². The fourth-order valence-electron chi connectivity index (χ4n) is 4.07. The predicted octanol–water partition coefficient (Wildman–Crippen LogP) is 3.67. The molecule has 1 aliphatic heterocycles. The number of hydrogen-bond donors (Lipinski definition) is 1. The van der Waals surface area contributed by atoms with Gasteiger partial charge < -0.3 is 24.3 Å². The Balaban J connectivity index is 1.46. The summed E-state index contributed by atoms with van der Waals surface area (Å²) in [5.74, 6) is -0.695. The van der Waals surface area contributed by atoms with Crippen LogP contribution in [0.5, 0.6) is 11.5 Å². The summed E-state index contributed by atoms with van der Waals surface area (Å²) in [4.78, 5) is 23.9. The fraction of sp³-hybridized carbons (Fsp3) is 0.391. The Morgan fingerprint density at radius 2 is 1.90 bits per heavy atom. The number of amides is 1. The van der Waals surface area contributed by atoms with E-state index in [1.807, 2.05) is 30.3 Å². The molecule has 0 radical (unpaired) electrons. The lowest BCUT2D eigenvalue weighted by Gasteiger charge is -2.38. The average molecular weight is 411 g/mol. The molecular weight excluding hydrogens is 386 g/mol. The normalized spacial score (nSPS) is 19.9. The monoisotopic (exact) mass is 411 g/mol. The smallest absolute Gasteiger partial charge is 0.298 e. The van der Waals surface area contributed by atoms with E-state index in [9.17, 15) is 9.59 Å². The van der Waals surface area contributed by atoms with Crippen LogP contribution in [0.15, 0.2) is 48.5 Å². The third kappa shape index (κ3) is 4.47. The zero-order valence-electron chi connectivity index (χ0n) is 16.7. The first-order valence-electron chi connectivity index (χ1n) is 10.2. The first-order valence-corrected chi connectivity index (χ1v) is 10.2. The molecule has 0 bridgehead atoms. The minimum Gasteiger partial charge on any atom is -0.485 e. The van der Waals surface area contributed by atoms with Gasteiger partial charge in [-0.15, -0.1) is 0 Å². The fourth-order valence-corrected chi connectivity index (χ4v) is 4.07. The van der Waals surface area contributed by atoms with Crippen molar-refractivity contribution < 1.29 is 28.5 Å². The highest BCUT2D eigenvalue weighted by molar-refractivity contribution is 5.93. The first-order chi connectivity index (χ1) is 14.7. The molecule has 158 valence electrons. The Hall–Kier alpha value is -2.90. The number of benzene rings is 2. The molecule has 2 aliphatic rings. The van der Waals surface area contributed by atoms with E-state index in [0.717, 1.165) is 24.8 Å². The number of ether oxygens (including phenoxy) is 4. The van der Waals surface area contributed by atoms with E-state index < -0.39 is 5.79 Å². The number of anilines is 1. The Morgan fingerprint density at radius 1 is 1.10 bits per heavy atom. The largest absolute Gasteiger partial charge is 0.485 e. The van der Waals surface area contributed by atoms with E-state index in [1.54, 1.807) is 18.2 Å². The molecule has 1 unspecified atom stereocenters. The van der Waals surface area contributed by atoms with E-state index in [2.05, 4.69) is 5.32 Å². The van der Waals surface area contributed by atoms with Gasteiger partial charge in [-0.1, -0.05) is 36.8 Å². The van der Waals surface area contributed by atoms with Gasteiger partial charge in [0.15, 0.2) is 17.3 Å². The summed E-state index contributed by atoms with van der Waals surface area (Å²) in [5, 5.41) is 2.91. The maximum absolute atomic E-state index is 13.0. The Labute approximate surface area is 175 Å². The molecule has 1 N–H and O–H groups in total. The van der Waals surface area contributed by atoms with E-state index in [-0.39, 0.29) is 17.6 Å². The van der Waals surface area contributed by atoms with Gasteiger partial charge in [-0.2, -0.15) is 0 Å². The van der Waals surface area contributed by atoms with E-state index in [0.29, 0.717) is 44.2 Å². The second-order valence-electron chi connectivity index (χ2n) is 7.45. The molecule has 1 atom stereocenters. The van der Waals surface area contributed by atoms with Crippen molar-refractivity contribution in [2.24, 2.45) is 5.92 Å². The molecule has 7 heteroatoms. The zero-order valence-corrected chi connectivity index (χ0v) is 16.7. The molecule has 1 saturated heterocycles. The SMILES string of the molecule is O=COc1cc(NC(=O)C2CCCCC23OCCO3)ccc1OCc1ccccc1. The van der Waals surface area contributed by atoms with Gasteiger partial charge in [0, 0.05) is 18.2 Å². The third-order valence-electron chi connectivity index (χ3n) is 5.52. The van der Waals surface area contributed by atoms with Crippen LogP contribution in [-0.4, -0.2) is 31.4 Å². The Kier molecular flexibility index (Phi) is 6.30. The van der Waals surface area contributed by atoms with Gasteiger partial charge in [0.05, 0.1) is 19.1 Å². The molecule has 1 amide bonds. The maximum atomic E-state index is 13.0. The summed E-state index contributed by atoms with van der Waals surface area (Å²) in [5.41, 5.74) is 1.51. The van der Waals surface area contributed by atoms with Gasteiger partial charge in [0.1, 0.15) is 6.61 Å². The minimum atomic E-state index is -0.816. The van der Waals surface area contributed by atoms with Crippen molar-refractivity contribution in [1.29, 1.82) is 0 Å². The summed E-state index contributed by atoms with van der Waals surface area (Å²) in [6, 6.07) is 14.7. The lowest BCUT2D eigenvalue weighted by atomic mass is 9.82. The van der Waals surface area contributed by atoms with Crippen molar-refractivity contribution in [2.45, 2.75) is 38.1 Å². The van der Waals surface area contributed by atoms with Crippen LogP contribution in [-0.2, 0) is 25.7 Å². The molecular formula is C23H25NO6. The van der Waals surface area contributed by atoms with Crippen LogP contribution in [0, 0.1) is 5.92 Å². The van der Waals surface area contributed by atoms with Crippen LogP contribution in [0.25, 0.3) is 0 Å². The van der Waals surface area contributed by atoms with Crippen molar-refractivity contribution in [3.8, 4) is 11.5 Å². The molecule has 30 heavy (non-hydrogen) atoms. The predicted molar refractivity (Wildman–Crippen MR) is 109 cm³/mol. The minimum absolute atomic E-state index is 0.161. The van der Waals surface area contributed by atoms with Crippen LogP contribution < -0.4 is 14.8 Å². The number of rotatable bonds is 7. The van der Waals surface area contributed by atoms with Gasteiger partial charge in [-0.3, -0.25) is 9.59 Å². The van der Waals surface area contributed by atoms with Gasteiger partial charge in [0.2, 0.25) is 5.91 Å². The van der Waals surface area contributed by atoms with Crippen LogP contribution in [0.1, 0.15) is 31.2 Å². The lowest BCUT2D eigenvalue weighted by molar-refractivity contribution is -0.210. The van der Waals surface area contributed by atoms with Gasteiger partial charge >= 0.3 is 0 Å². The second-order valence-corrected chi connectivity index (χ2v) is 7.45. The van der Waals surface area contributed by atoms with Crippen LogP contribution in [0.3, 0.4) is 0 Å². The molecule has 2 aromatic carbocycles. The highest BCUT2D eigenvalue weighted by Gasteiger charge is 2.49. The molecule has 2 fully saturated rings. The average Bonchev–Trinajstić information content (AvgIpc) is 3.23. The summed E-state index contributed by atoms with van der Waals surface area (Å²) in [6.07, 6.45) is 3.37. The highest BCUT2D eigenvalue weighted by Crippen LogP contribution is 2.41. The van der Waals surface area contributed by atoms with Crippen molar-refractivity contribution in [1.82, 2.24) is 0 Å². The number of carbonyl (C=O) groups is 2. The van der Waals surface area contributed by atoms with Crippen molar-refractivity contribution >= 4 is 18.1 Å². The lowest BCUT2D eigenvalue weighted by Crippen LogP contribution is -2.47. The summed E-state index contributed by atoms with van der Waals surface area (Å²) < 4.78 is 22.5. The van der Waals surface area contributed by atoms with E-state index in [4.69, 9.17) is 18.9 Å². The molecule has 2 aromatic rings.